The first kappa shape index (κ1) is 17.2. The number of hydrogen-bond acceptors (Lipinski definition) is 7. The summed E-state index contributed by atoms with van der Waals surface area (Å²) in [5, 5.41) is 10.5. The summed E-state index contributed by atoms with van der Waals surface area (Å²) in [4.78, 5) is 22.6. The van der Waals surface area contributed by atoms with Crippen molar-refractivity contribution in [3.63, 3.8) is 0 Å². The molecule has 0 unspecified atom stereocenters. The summed E-state index contributed by atoms with van der Waals surface area (Å²) in [6.45, 7) is 0.219. The lowest BCUT2D eigenvalue weighted by molar-refractivity contribution is -0.384. The van der Waals surface area contributed by atoms with E-state index < -0.39 is 11.1 Å². The van der Waals surface area contributed by atoms with E-state index in [-0.39, 0.29) is 18.0 Å². The molecule has 0 fully saturated rings. The summed E-state index contributed by atoms with van der Waals surface area (Å²) < 4.78 is 9.85. The summed E-state index contributed by atoms with van der Waals surface area (Å²) in [5.41, 5.74) is -0.0694. The molecule has 0 aliphatic rings. The third-order valence-corrected chi connectivity index (χ3v) is 4.88. The van der Waals surface area contributed by atoms with Crippen LogP contribution in [0.4, 0.5) is 10.5 Å². The molecule has 2 rings (SSSR count). The predicted octanol–water partition coefficient (Wildman–Crippen LogP) is 4.55. The lowest BCUT2D eigenvalue weighted by atomic mass is 10.3. The summed E-state index contributed by atoms with van der Waals surface area (Å²) in [5.74, 6) is 0.821. The van der Waals surface area contributed by atoms with E-state index in [2.05, 4.69) is 0 Å². The van der Waals surface area contributed by atoms with E-state index >= 15 is 0 Å². The van der Waals surface area contributed by atoms with Crippen LogP contribution in [0.1, 0.15) is 0 Å². The summed E-state index contributed by atoms with van der Waals surface area (Å²) >= 11 is 0. The van der Waals surface area contributed by atoms with Gasteiger partial charge in [0, 0.05) is 22.8 Å². The third kappa shape index (κ3) is 6.21. The number of carbonyl (C=O) groups is 1. The molecule has 23 heavy (non-hydrogen) atoms. The van der Waals surface area contributed by atoms with Gasteiger partial charge in [0.2, 0.25) is 0 Å². The minimum absolute atomic E-state index is 0.0694. The van der Waals surface area contributed by atoms with Crippen LogP contribution in [0.25, 0.3) is 0 Å². The lowest BCUT2D eigenvalue weighted by Gasteiger charge is -2.05. The Labute approximate surface area is 140 Å². The molecule has 0 radical (unpaired) electrons. The molecule has 120 valence electrons. The molecule has 2 aromatic rings. The van der Waals surface area contributed by atoms with Crippen LogP contribution < -0.4 is 4.74 Å². The van der Waals surface area contributed by atoms with Crippen LogP contribution in [0.5, 0.6) is 5.75 Å². The largest absolute Gasteiger partial charge is 0.513 e. The molecule has 0 aromatic heterocycles. The Morgan fingerprint density at radius 1 is 1.09 bits per heavy atom. The Balaban J connectivity index is 1.64. The number of rotatable bonds is 7. The van der Waals surface area contributed by atoms with Crippen LogP contribution in [-0.4, -0.2) is 23.4 Å². The Morgan fingerprint density at radius 2 is 1.78 bits per heavy atom. The zero-order valence-electron chi connectivity index (χ0n) is 11.9. The van der Waals surface area contributed by atoms with Gasteiger partial charge in [-0.3, -0.25) is 10.1 Å². The van der Waals surface area contributed by atoms with E-state index in [0.717, 1.165) is 4.90 Å². The van der Waals surface area contributed by atoms with Gasteiger partial charge in [0.1, 0.15) is 12.4 Å². The molecule has 8 heteroatoms. The van der Waals surface area contributed by atoms with Gasteiger partial charge >= 0.3 is 6.16 Å². The molecule has 0 saturated heterocycles. The van der Waals surface area contributed by atoms with Crippen molar-refractivity contribution >= 4 is 33.4 Å². The molecule has 0 atom stereocenters. The zero-order chi connectivity index (χ0) is 16.5. The van der Waals surface area contributed by atoms with Gasteiger partial charge < -0.3 is 9.47 Å². The van der Waals surface area contributed by atoms with Gasteiger partial charge in [-0.1, -0.05) is 39.8 Å². The van der Waals surface area contributed by atoms with Crippen LogP contribution in [0, 0.1) is 10.1 Å². The van der Waals surface area contributed by atoms with Crippen LogP contribution in [0.3, 0.4) is 0 Å². The van der Waals surface area contributed by atoms with Crippen LogP contribution >= 0.6 is 21.6 Å². The highest BCUT2D eigenvalue weighted by Gasteiger charge is 2.09. The normalized spacial score (nSPS) is 10.1. The molecule has 0 aliphatic carbocycles. The highest BCUT2D eigenvalue weighted by atomic mass is 33.1. The Morgan fingerprint density at radius 3 is 2.43 bits per heavy atom. The lowest BCUT2D eigenvalue weighted by Crippen LogP contribution is -2.12. The SMILES string of the molecule is O=C(OCCSSc1ccccc1)Oc1ccc([N+](=O)[O-])cc1. The first-order valence-corrected chi connectivity index (χ1v) is 8.90. The topological polar surface area (TPSA) is 78.7 Å². The van der Waals surface area contributed by atoms with E-state index in [0.29, 0.717) is 5.75 Å². The second-order valence-electron chi connectivity index (χ2n) is 4.17. The van der Waals surface area contributed by atoms with E-state index in [1.165, 1.54) is 24.3 Å². The van der Waals surface area contributed by atoms with Gasteiger partial charge in [-0.15, -0.1) is 0 Å². The number of benzene rings is 2. The molecular weight excluding hydrogens is 338 g/mol. The van der Waals surface area contributed by atoms with Crippen LogP contribution in [0.15, 0.2) is 59.5 Å². The van der Waals surface area contributed by atoms with Crippen molar-refractivity contribution in [3.8, 4) is 5.75 Å². The number of nitro groups is 1. The first-order chi connectivity index (χ1) is 11.1. The van der Waals surface area contributed by atoms with Gasteiger partial charge in [0.25, 0.3) is 5.69 Å². The van der Waals surface area contributed by atoms with Crippen molar-refractivity contribution in [1.82, 2.24) is 0 Å². The monoisotopic (exact) mass is 351 g/mol. The zero-order valence-corrected chi connectivity index (χ0v) is 13.5. The minimum Gasteiger partial charge on any atom is -0.433 e. The highest BCUT2D eigenvalue weighted by molar-refractivity contribution is 8.76. The number of non-ortho nitro benzene ring substituents is 1. The molecule has 2 aromatic carbocycles. The second kappa shape index (κ2) is 9.06. The molecule has 0 spiro atoms. The first-order valence-electron chi connectivity index (χ1n) is 6.59. The Bertz CT molecular complexity index is 649. The molecule has 0 saturated carbocycles. The molecule has 6 nitrogen and oxygen atoms in total. The van der Waals surface area contributed by atoms with Gasteiger partial charge in [-0.05, 0) is 24.3 Å². The van der Waals surface area contributed by atoms with Gasteiger partial charge in [-0.2, -0.15) is 0 Å². The average molecular weight is 351 g/mol. The fourth-order valence-electron chi connectivity index (χ4n) is 1.51. The maximum absolute atomic E-state index is 11.5. The standard InChI is InChI=1S/C15H13NO5S2/c17-15(21-13-8-6-12(7-9-13)16(18)19)20-10-11-22-23-14-4-2-1-3-5-14/h1-9H,10-11H2. The molecule has 0 bridgehead atoms. The molecule has 0 aliphatic heterocycles. The number of carbonyl (C=O) groups excluding carboxylic acids is 1. The van der Waals surface area contributed by atoms with Gasteiger partial charge in [-0.25, -0.2) is 4.79 Å². The van der Waals surface area contributed by atoms with Gasteiger partial charge in [0.05, 0.1) is 4.92 Å². The van der Waals surface area contributed by atoms with Crippen molar-refractivity contribution in [3.05, 3.63) is 64.7 Å². The van der Waals surface area contributed by atoms with Crippen molar-refractivity contribution < 1.29 is 19.2 Å². The maximum atomic E-state index is 11.5. The van der Waals surface area contributed by atoms with Crippen molar-refractivity contribution in [2.24, 2.45) is 0 Å². The van der Waals surface area contributed by atoms with E-state index in [1.807, 2.05) is 30.3 Å². The average Bonchev–Trinajstić information content (AvgIpc) is 2.56. The van der Waals surface area contributed by atoms with Crippen molar-refractivity contribution in [2.45, 2.75) is 4.90 Å². The fraction of sp³-hybridized carbons (Fsp3) is 0.133. The van der Waals surface area contributed by atoms with Gasteiger partial charge in [0.15, 0.2) is 0 Å². The van der Waals surface area contributed by atoms with Crippen molar-refractivity contribution in [2.75, 3.05) is 12.4 Å². The van der Waals surface area contributed by atoms with E-state index in [9.17, 15) is 14.9 Å². The van der Waals surface area contributed by atoms with Crippen LogP contribution in [-0.2, 0) is 4.74 Å². The predicted molar refractivity (Wildman–Crippen MR) is 89.8 cm³/mol. The number of nitro benzene ring substituents is 1. The third-order valence-electron chi connectivity index (χ3n) is 2.53. The van der Waals surface area contributed by atoms with E-state index in [4.69, 9.17) is 9.47 Å². The highest BCUT2D eigenvalue weighted by Crippen LogP contribution is 2.30. The molecular formula is C15H13NO5S2. The Kier molecular flexibility index (Phi) is 6.76. The fourth-order valence-corrected chi connectivity index (χ4v) is 3.34. The minimum atomic E-state index is -0.829. The quantitative estimate of drug-likeness (QED) is 0.181. The molecule has 0 amide bonds. The molecule has 0 N–H and O–H groups in total. The summed E-state index contributed by atoms with van der Waals surface area (Å²) in [6, 6.07) is 15.1. The number of hydrogen-bond donors (Lipinski definition) is 0. The van der Waals surface area contributed by atoms with E-state index in [1.54, 1.807) is 21.6 Å². The van der Waals surface area contributed by atoms with Crippen molar-refractivity contribution in [1.29, 1.82) is 0 Å². The summed E-state index contributed by atoms with van der Waals surface area (Å²) in [6.07, 6.45) is -0.829. The van der Waals surface area contributed by atoms with Crippen LogP contribution in [0.2, 0.25) is 0 Å². The molecule has 0 heterocycles. The maximum Gasteiger partial charge on any atom is 0.513 e. The summed E-state index contributed by atoms with van der Waals surface area (Å²) in [7, 11) is 3.17. The number of nitrogens with zero attached hydrogens (tertiary/aromatic N) is 1. The second-order valence-corrected chi connectivity index (χ2v) is 6.66. The number of ether oxygens (including phenoxy) is 2. The smallest absolute Gasteiger partial charge is 0.433 e. The Hall–Kier alpha value is -2.19.